The molecular weight excluding hydrogens is 446 g/mol. The Kier molecular flexibility index (Phi) is 7.45. The smallest absolute Gasteiger partial charge is 0.314 e. The number of likely N-dealkylation sites (tertiary alicyclic amines) is 1. The van der Waals surface area contributed by atoms with Crippen molar-refractivity contribution in [1.29, 1.82) is 5.26 Å². The number of aliphatic carboxylic acids is 1. The molecule has 0 aromatic heterocycles. The van der Waals surface area contributed by atoms with Crippen LogP contribution in [0.25, 0.3) is 0 Å². The molecule has 7 heteroatoms. The second-order valence-electron chi connectivity index (χ2n) is 9.33. The monoisotopic (exact) mass is 474 g/mol. The topological polar surface area (TPSA) is 64.3 Å². The van der Waals surface area contributed by atoms with Crippen molar-refractivity contribution in [3.8, 4) is 6.07 Å². The molecule has 2 aromatic rings. The molecule has 33 heavy (non-hydrogen) atoms. The molecule has 2 aromatic carbocycles. The second kappa shape index (κ2) is 9.79. The molecule has 2 atom stereocenters. The Morgan fingerprint density at radius 3 is 2.27 bits per heavy atom. The van der Waals surface area contributed by atoms with E-state index in [2.05, 4.69) is 11.0 Å². The van der Waals surface area contributed by atoms with E-state index in [-0.39, 0.29) is 35.7 Å². The lowest BCUT2D eigenvalue weighted by atomic mass is 9.65. The zero-order valence-electron chi connectivity index (χ0n) is 18.6. The first-order valence-electron chi connectivity index (χ1n) is 11.2. The van der Waals surface area contributed by atoms with Gasteiger partial charge in [0.1, 0.15) is 17.0 Å². The molecule has 0 spiro atoms. The third-order valence-electron chi connectivity index (χ3n) is 7.81. The molecule has 1 saturated heterocycles. The maximum absolute atomic E-state index is 14.6. The van der Waals surface area contributed by atoms with Crippen molar-refractivity contribution in [2.24, 2.45) is 5.92 Å². The van der Waals surface area contributed by atoms with Crippen LogP contribution in [0.1, 0.15) is 50.2 Å². The van der Waals surface area contributed by atoms with Crippen LogP contribution in [0, 0.1) is 28.9 Å². The predicted octanol–water partition coefficient (Wildman–Crippen LogP) is 5.45. The minimum atomic E-state index is -1.24. The largest absolute Gasteiger partial charge is 0.481 e. The van der Waals surface area contributed by atoms with E-state index in [1.54, 1.807) is 30.3 Å². The molecule has 1 aliphatic heterocycles. The van der Waals surface area contributed by atoms with Gasteiger partial charge in [-0.2, -0.15) is 5.26 Å². The maximum Gasteiger partial charge on any atom is 0.314 e. The lowest BCUT2D eigenvalue weighted by Crippen LogP contribution is -2.56. The van der Waals surface area contributed by atoms with Crippen molar-refractivity contribution in [3.05, 3.63) is 71.3 Å². The normalized spacial score (nSPS) is 30.1. The molecule has 176 valence electrons. The van der Waals surface area contributed by atoms with Gasteiger partial charge in [0, 0.05) is 18.2 Å². The average molecular weight is 475 g/mol. The zero-order chi connectivity index (χ0) is 22.9. The number of nitriles is 1. The van der Waals surface area contributed by atoms with Gasteiger partial charge in [0.15, 0.2) is 0 Å². The van der Waals surface area contributed by atoms with Crippen LogP contribution in [0.4, 0.5) is 8.78 Å². The number of rotatable bonds is 4. The van der Waals surface area contributed by atoms with Crippen LogP contribution in [0.5, 0.6) is 0 Å². The highest BCUT2D eigenvalue weighted by Crippen LogP contribution is 2.45. The number of carboxylic acid groups (broad SMARTS) is 1. The van der Waals surface area contributed by atoms with Crippen LogP contribution >= 0.6 is 12.4 Å². The highest BCUT2D eigenvalue weighted by molar-refractivity contribution is 5.85. The number of carboxylic acids is 1. The third kappa shape index (κ3) is 4.37. The molecule has 4 rings (SSSR count). The first kappa shape index (κ1) is 25.1. The van der Waals surface area contributed by atoms with Crippen LogP contribution in [0.2, 0.25) is 0 Å². The average Bonchev–Trinajstić information content (AvgIpc) is 2.80. The molecule has 1 N–H and O–H groups in total. The summed E-state index contributed by atoms with van der Waals surface area (Å²) in [7, 11) is 0. The van der Waals surface area contributed by atoms with E-state index in [1.807, 2.05) is 6.92 Å². The maximum atomic E-state index is 14.6. The summed E-state index contributed by atoms with van der Waals surface area (Å²) in [5.74, 6) is -2.01. The minimum Gasteiger partial charge on any atom is -0.481 e. The number of hydrogen-bond acceptors (Lipinski definition) is 3. The van der Waals surface area contributed by atoms with Crippen LogP contribution in [-0.4, -0.2) is 35.1 Å². The van der Waals surface area contributed by atoms with Gasteiger partial charge in [-0.25, -0.2) is 8.78 Å². The third-order valence-corrected chi connectivity index (χ3v) is 7.81. The summed E-state index contributed by atoms with van der Waals surface area (Å²) >= 11 is 0. The van der Waals surface area contributed by atoms with E-state index < -0.39 is 22.6 Å². The van der Waals surface area contributed by atoms with Gasteiger partial charge >= 0.3 is 5.97 Å². The summed E-state index contributed by atoms with van der Waals surface area (Å²) < 4.78 is 27.9. The molecule has 2 unspecified atom stereocenters. The standard InChI is InChI=1S/C26H28F2N2O2.ClH/c1-18-16-30(15-14-26(18,24(31)32)22-4-2-3-5-23(22)28)21-10-12-25(17-29,13-11-21)19-6-8-20(27)9-7-19;/h2-9,18,21H,10-16H2,1H3,(H,31,32);1H. The summed E-state index contributed by atoms with van der Waals surface area (Å²) in [6.45, 7) is 3.04. The van der Waals surface area contributed by atoms with E-state index in [1.165, 1.54) is 18.2 Å². The van der Waals surface area contributed by atoms with Crippen molar-refractivity contribution >= 4 is 18.4 Å². The molecule has 2 fully saturated rings. The first-order valence-corrected chi connectivity index (χ1v) is 11.2. The molecule has 1 heterocycles. The number of nitrogens with zero attached hydrogens (tertiary/aromatic N) is 2. The van der Waals surface area contributed by atoms with Gasteiger partial charge in [-0.1, -0.05) is 37.3 Å². The molecular formula is C26H29ClF2N2O2. The second-order valence-corrected chi connectivity index (χ2v) is 9.33. The fourth-order valence-corrected chi connectivity index (χ4v) is 5.85. The quantitative estimate of drug-likeness (QED) is 0.639. The molecule has 1 aliphatic carbocycles. The van der Waals surface area contributed by atoms with Gasteiger partial charge in [0.05, 0.1) is 11.5 Å². The van der Waals surface area contributed by atoms with Crippen LogP contribution in [0.15, 0.2) is 48.5 Å². The van der Waals surface area contributed by atoms with E-state index in [4.69, 9.17) is 0 Å². The number of benzene rings is 2. The summed E-state index contributed by atoms with van der Waals surface area (Å²) in [6.07, 6.45) is 3.35. The Balaban J connectivity index is 0.00000306. The van der Waals surface area contributed by atoms with E-state index >= 15 is 0 Å². The summed E-state index contributed by atoms with van der Waals surface area (Å²) in [5, 5.41) is 20.1. The highest BCUT2D eigenvalue weighted by atomic mass is 35.5. The van der Waals surface area contributed by atoms with Crippen LogP contribution in [0.3, 0.4) is 0 Å². The van der Waals surface area contributed by atoms with E-state index in [9.17, 15) is 23.9 Å². The zero-order valence-corrected chi connectivity index (χ0v) is 19.5. The molecule has 0 radical (unpaired) electrons. The molecule has 2 aliphatic rings. The Labute approximate surface area is 199 Å². The Morgan fingerprint density at radius 1 is 1.09 bits per heavy atom. The number of carbonyl (C=O) groups is 1. The Morgan fingerprint density at radius 2 is 1.73 bits per heavy atom. The number of halogens is 3. The van der Waals surface area contributed by atoms with Gasteiger partial charge < -0.3 is 10.0 Å². The van der Waals surface area contributed by atoms with E-state index in [0.29, 0.717) is 32.4 Å². The number of hydrogen-bond donors (Lipinski definition) is 1. The molecule has 1 saturated carbocycles. The summed E-state index contributed by atoms with van der Waals surface area (Å²) in [6, 6.07) is 15.2. The van der Waals surface area contributed by atoms with Gasteiger partial charge in [-0.15, -0.1) is 12.4 Å². The fourth-order valence-electron chi connectivity index (χ4n) is 5.85. The molecule has 4 nitrogen and oxygen atoms in total. The minimum absolute atomic E-state index is 0. The fraction of sp³-hybridized carbons (Fsp3) is 0.462. The van der Waals surface area contributed by atoms with Gasteiger partial charge in [0.2, 0.25) is 0 Å². The number of piperidine rings is 1. The highest BCUT2D eigenvalue weighted by Gasteiger charge is 2.51. The van der Waals surface area contributed by atoms with Crippen molar-refractivity contribution in [2.75, 3.05) is 13.1 Å². The van der Waals surface area contributed by atoms with Gasteiger partial charge in [0.25, 0.3) is 0 Å². The van der Waals surface area contributed by atoms with Gasteiger partial charge in [-0.05, 0) is 68.3 Å². The van der Waals surface area contributed by atoms with E-state index in [0.717, 1.165) is 18.4 Å². The molecule has 0 amide bonds. The lowest BCUT2D eigenvalue weighted by Gasteiger charge is -2.48. The van der Waals surface area contributed by atoms with Crippen molar-refractivity contribution in [2.45, 2.75) is 55.9 Å². The summed E-state index contributed by atoms with van der Waals surface area (Å²) in [5.41, 5.74) is -0.718. The van der Waals surface area contributed by atoms with Gasteiger partial charge in [-0.3, -0.25) is 4.79 Å². The van der Waals surface area contributed by atoms with Crippen LogP contribution < -0.4 is 0 Å². The lowest BCUT2D eigenvalue weighted by molar-refractivity contribution is -0.149. The SMILES string of the molecule is CC1CN(C2CCC(C#N)(c3ccc(F)cc3)CC2)CCC1(C(=O)O)c1ccccc1F.Cl. The van der Waals surface area contributed by atoms with Crippen molar-refractivity contribution in [1.82, 2.24) is 4.90 Å². The predicted molar refractivity (Wildman–Crippen MR) is 124 cm³/mol. The van der Waals surface area contributed by atoms with Crippen LogP contribution in [-0.2, 0) is 15.6 Å². The summed E-state index contributed by atoms with van der Waals surface area (Å²) in [4.78, 5) is 14.7. The van der Waals surface area contributed by atoms with Crippen molar-refractivity contribution in [3.63, 3.8) is 0 Å². The Hall–Kier alpha value is -2.49. The Bertz CT molecular complexity index is 1030. The first-order chi connectivity index (χ1) is 15.3. The molecule has 0 bridgehead atoms. The van der Waals surface area contributed by atoms with Crippen molar-refractivity contribution < 1.29 is 18.7 Å².